The minimum atomic E-state index is -6.36. The number of alkyl halides is 9. The third kappa shape index (κ3) is 2.26. The molecule has 10 heteroatoms. The van der Waals surface area contributed by atoms with Crippen molar-refractivity contribution in [3.8, 4) is 0 Å². The zero-order valence-corrected chi connectivity index (χ0v) is 8.32. The zero-order chi connectivity index (χ0) is 12.7. The first kappa shape index (κ1) is 15.0. The van der Waals surface area contributed by atoms with Crippen LogP contribution in [0.4, 0.5) is 30.7 Å². The molecular weight excluding hydrogens is 280 g/mol. The maximum absolute atomic E-state index is 12.9. The van der Waals surface area contributed by atoms with E-state index >= 15 is 0 Å². The number of rotatable bonds is 2. The summed E-state index contributed by atoms with van der Waals surface area (Å²) in [5.74, 6) is 0. The van der Waals surface area contributed by atoms with Crippen LogP contribution in [0.25, 0.3) is 0 Å². The van der Waals surface area contributed by atoms with Gasteiger partial charge in [0.2, 0.25) is 0 Å². The van der Waals surface area contributed by atoms with Crippen molar-refractivity contribution in [2.75, 3.05) is 7.11 Å². The Bertz CT molecular complexity index is 219. The summed E-state index contributed by atoms with van der Waals surface area (Å²) in [7, 11) is 0.311. The molecule has 0 saturated heterocycles. The molecule has 0 aromatic rings. The Hall–Kier alpha value is 0.0500. The van der Waals surface area contributed by atoms with Crippen molar-refractivity contribution >= 4 is 23.2 Å². The average Bonchev–Trinajstić information content (AvgIpc) is 1.98. The van der Waals surface area contributed by atoms with Gasteiger partial charge in [-0.25, -0.2) is 4.39 Å². The topological polar surface area (TPSA) is 9.23 Å². The average molecular weight is 283 g/mol. The molecule has 0 rings (SSSR count). The fourth-order valence-electron chi connectivity index (χ4n) is 0.631. The van der Waals surface area contributed by atoms with E-state index in [9.17, 15) is 30.7 Å². The highest BCUT2D eigenvalue weighted by Gasteiger charge is 2.82. The molecule has 0 spiro atoms. The van der Waals surface area contributed by atoms with Crippen LogP contribution in [0, 0.1) is 0 Å². The Labute approximate surface area is 89.1 Å². The quantitative estimate of drug-likeness (QED) is 0.555. The summed E-state index contributed by atoms with van der Waals surface area (Å²) in [6.07, 6.45) is -12.7. The molecule has 0 fully saturated rings. The molecule has 0 unspecified atom stereocenters. The predicted octanol–water partition coefficient (Wildman–Crippen LogP) is 3.60. The van der Waals surface area contributed by atoms with Crippen LogP contribution in [-0.4, -0.2) is 29.7 Å². The highest BCUT2D eigenvalue weighted by Crippen LogP contribution is 2.56. The number of methoxy groups -OCH3 is 1. The van der Waals surface area contributed by atoms with Gasteiger partial charge in [-0.05, 0) is 0 Å². The molecule has 0 aromatic carbocycles. The molecule has 0 amide bonds. The van der Waals surface area contributed by atoms with Crippen LogP contribution in [-0.2, 0) is 4.74 Å². The lowest BCUT2D eigenvalue weighted by atomic mass is 10.1. The Morgan fingerprint density at radius 2 is 1.07 bits per heavy atom. The third-order valence-corrected chi connectivity index (χ3v) is 2.27. The van der Waals surface area contributed by atoms with Gasteiger partial charge in [-0.1, -0.05) is 23.2 Å². The number of hydrogen-bond acceptors (Lipinski definition) is 1. The Kier molecular flexibility index (Phi) is 3.83. The van der Waals surface area contributed by atoms with E-state index in [-0.39, 0.29) is 0 Å². The van der Waals surface area contributed by atoms with Gasteiger partial charge in [0.05, 0.1) is 0 Å². The SMILES string of the molecule is COC(Cl)(Cl)C(F)(C(F)(F)F)C(F)(F)F. The van der Waals surface area contributed by atoms with Crippen LogP contribution in [0.3, 0.4) is 0 Å². The minimum Gasteiger partial charge on any atom is -0.347 e. The molecule has 0 N–H and O–H groups in total. The van der Waals surface area contributed by atoms with Gasteiger partial charge >= 0.3 is 18.0 Å². The van der Waals surface area contributed by atoms with Crippen LogP contribution >= 0.6 is 23.2 Å². The molecule has 0 aliphatic carbocycles. The number of ether oxygens (including phenoxy) is 1. The molecule has 15 heavy (non-hydrogen) atoms. The summed E-state index contributed by atoms with van der Waals surface area (Å²) in [6, 6.07) is 0. The van der Waals surface area contributed by atoms with Gasteiger partial charge in [0.1, 0.15) is 0 Å². The second kappa shape index (κ2) is 3.81. The Morgan fingerprint density at radius 1 is 0.800 bits per heavy atom. The van der Waals surface area contributed by atoms with E-state index in [0.717, 1.165) is 0 Å². The van der Waals surface area contributed by atoms with E-state index in [0.29, 0.717) is 7.11 Å². The van der Waals surface area contributed by atoms with Gasteiger partial charge in [-0.2, -0.15) is 26.3 Å². The summed E-state index contributed by atoms with van der Waals surface area (Å²) in [5, 5.41) is 0. The Balaban J connectivity index is 5.65. The number of halogens is 9. The van der Waals surface area contributed by atoms with Crippen molar-refractivity contribution in [2.24, 2.45) is 0 Å². The van der Waals surface area contributed by atoms with E-state index in [4.69, 9.17) is 0 Å². The minimum absolute atomic E-state index is 0.311. The van der Waals surface area contributed by atoms with E-state index in [2.05, 4.69) is 27.9 Å². The first-order chi connectivity index (χ1) is 6.31. The largest absolute Gasteiger partial charge is 0.437 e. The third-order valence-electron chi connectivity index (χ3n) is 1.44. The summed E-state index contributed by atoms with van der Waals surface area (Å²) in [4.78, 5) is 0. The number of hydrogen-bond donors (Lipinski definition) is 0. The van der Waals surface area contributed by atoms with E-state index in [1.165, 1.54) is 0 Å². The van der Waals surface area contributed by atoms with Crippen molar-refractivity contribution in [3.63, 3.8) is 0 Å². The Morgan fingerprint density at radius 3 is 1.13 bits per heavy atom. The molecule has 0 aromatic heterocycles. The van der Waals surface area contributed by atoms with Gasteiger partial charge in [0.15, 0.2) is 0 Å². The van der Waals surface area contributed by atoms with E-state index in [1.54, 1.807) is 0 Å². The van der Waals surface area contributed by atoms with Crippen LogP contribution in [0.1, 0.15) is 0 Å². The van der Waals surface area contributed by atoms with Gasteiger partial charge < -0.3 is 4.74 Å². The van der Waals surface area contributed by atoms with Crippen LogP contribution < -0.4 is 0 Å². The van der Waals surface area contributed by atoms with Crippen molar-refractivity contribution < 1.29 is 35.5 Å². The predicted molar refractivity (Wildman–Crippen MR) is 37.4 cm³/mol. The normalized spacial score (nSPS) is 15.6. The highest BCUT2D eigenvalue weighted by molar-refractivity contribution is 6.48. The molecule has 0 atom stereocenters. The van der Waals surface area contributed by atoms with Gasteiger partial charge in [-0.3, -0.25) is 0 Å². The molecule has 0 aliphatic rings. The fourth-order valence-corrected chi connectivity index (χ4v) is 1.06. The zero-order valence-electron chi connectivity index (χ0n) is 6.81. The molecule has 0 aliphatic heterocycles. The highest BCUT2D eigenvalue weighted by atomic mass is 35.5. The van der Waals surface area contributed by atoms with Crippen molar-refractivity contribution in [3.05, 3.63) is 0 Å². The molecule has 1 nitrogen and oxygen atoms in total. The molecule has 92 valence electrons. The first-order valence-corrected chi connectivity index (χ1v) is 3.82. The molecule has 0 radical (unpaired) electrons. The summed E-state index contributed by atoms with van der Waals surface area (Å²) >= 11 is 9.05. The van der Waals surface area contributed by atoms with Crippen LogP contribution in [0.2, 0.25) is 0 Å². The fraction of sp³-hybridized carbons (Fsp3) is 1.00. The second-order valence-corrected chi connectivity index (χ2v) is 3.63. The lowest BCUT2D eigenvalue weighted by molar-refractivity contribution is -0.363. The maximum atomic E-state index is 12.9. The van der Waals surface area contributed by atoms with Crippen LogP contribution in [0.5, 0.6) is 0 Å². The monoisotopic (exact) mass is 282 g/mol. The van der Waals surface area contributed by atoms with Gasteiger partial charge in [-0.15, -0.1) is 0 Å². The summed E-state index contributed by atoms with van der Waals surface area (Å²) in [5.41, 5.74) is -5.87. The van der Waals surface area contributed by atoms with Crippen molar-refractivity contribution in [2.45, 2.75) is 22.5 Å². The van der Waals surface area contributed by atoms with Crippen molar-refractivity contribution in [1.82, 2.24) is 0 Å². The second-order valence-electron chi connectivity index (χ2n) is 2.37. The van der Waals surface area contributed by atoms with E-state index < -0.39 is 22.5 Å². The van der Waals surface area contributed by atoms with Gasteiger partial charge in [0.25, 0.3) is 4.52 Å². The smallest absolute Gasteiger partial charge is 0.347 e. The summed E-state index contributed by atoms with van der Waals surface area (Å²) < 4.78 is 83.9. The maximum Gasteiger partial charge on any atom is 0.437 e. The molecular formula is C5H3Cl2F7O. The van der Waals surface area contributed by atoms with E-state index in [1.807, 2.05) is 0 Å². The van der Waals surface area contributed by atoms with Gasteiger partial charge in [0, 0.05) is 7.11 Å². The lowest BCUT2D eigenvalue weighted by Gasteiger charge is -2.37. The molecule has 0 heterocycles. The summed E-state index contributed by atoms with van der Waals surface area (Å²) in [6.45, 7) is 0. The first-order valence-electron chi connectivity index (χ1n) is 3.06. The van der Waals surface area contributed by atoms with Crippen LogP contribution in [0.15, 0.2) is 0 Å². The van der Waals surface area contributed by atoms with Crippen molar-refractivity contribution in [1.29, 1.82) is 0 Å². The molecule has 0 bridgehead atoms. The standard InChI is InChI=1S/C5H3Cl2F7O/c1-15-3(6,7)2(8,4(9,10)11)5(12,13)14/h1H3. The lowest BCUT2D eigenvalue weighted by Crippen LogP contribution is -2.64. The molecule has 0 saturated carbocycles.